The Morgan fingerprint density at radius 3 is 3.00 bits per heavy atom. The molecule has 1 aromatic carbocycles. The highest BCUT2D eigenvalue weighted by molar-refractivity contribution is 9.10. The highest BCUT2D eigenvalue weighted by Crippen LogP contribution is 2.32. The third-order valence-corrected chi connectivity index (χ3v) is 3.49. The van der Waals surface area contributed by atoms with Crippen LogP contribution in [0, 0.1) is 11.2 Å². The zero-order valence-electron chi connectivity index (χ0n) is 8.08. The van der Waals surface area contributed by atoms with E-state index in [-0.39, 0.29) is 6.85 Å². The molecule has 0 radical (unpaired) electrons. The summed E-state index contributed by atoms with van der Waals surface area (Å²) in [5.74, 6) is 2.33. The van der Waals surface area contributed by atoms with E-state index in [4.69, 9.17) is 16.9 Å². The third kappa shape index (κ3) is 2.14. The second kappa shape index (κ2) is 4.46. The van der Waals surface area contributed by atoms with Gasteiger partial charge in [-0.05, 0) is 46.9 Å². The largest absolute Gasteiger partial charge is 0.401 e. The van der Waals surface area contributed by atoms with Crippen LogP contribution in [-0.4, -0.2) is 13.4 Å². The van der Waals surface area contributed by atoms with Crippen molar-refractivity contribution in [2.75, 3.05) is 11.4 Å². The molecule has 1 heterocycles. The molecule has 76 valence electrons. The molecule has 15 heavy (non-hydrogen) atoms. The van der Waals surface area contributed by atoms with Crippen molar-refractivity contribution in [3.63, 3.8) is 0 Å². The summed E-state index contributed by atoms with van der Waals surface area (Å²) in [6.45, 7) is 0.945. The Bertz CT molecular complexity index is 418. The number of hydrogen-bond acceptors (Lipinski definition) is 2. The van der Waals surface area contributed by atoms with E-state index in [1.165, 1.54) is 0 Å². The standard InChI is InChI=1S/C10H9BBrClN2/c12-9-6-8(13)2-3-10(9)15-5-1-4-11(15)7-14/h2-3,6H,1,4-5H2. The average Bonchev–Trinajstić information content (AvgIpc) is 2.65. The molecule has 0 spiro atoms. The van der Waals surface area contributed by atoms with Crippen molar-refractivity contribution in [1.29, 1.82) is 5.26 Å². The van der Waals surface area contributed by atoms with Crippen molar-refractivity contribution in [2.24, 2.45) is 0 Å². The lowest BCUT2D eigenvalue weighted by molar-refractivity contribution is 0.981. The zero-order valence-corrected chi connectivity index (χ0v) is 10.4. The van der Waals surface area contributed by atoms with E-state index in [9.17, 15) is 0 Å². The summed E-state index contributed by atoms with van der Waals surface area (Å²) in [4.78, 5) is 2.13. The summed E-state index contributed by atoms with van der Waals surface area (Å²) in [6, 6.07) is 5.68. The van der Waals surface area contributed by atoms with Gasteiger partial charge < -0.3 is 4.81 Å². The molecule has 1 aliphatic heterocycles. The van der Waals surface area contributed by atoms with Crippen LogP contribution in [0.5, 0.6) is 0 Å². The lowest BCUT2D eigenvalue weighted by Crippen LogP contribution is -2.32. The molecular weight excluding hydrogens is 274 g/mol. The number of halogens is 2. The molecule has 0 unspecified atom stereocenters. The minimum atomic E-state index is 0.00229. The second-order valence-corrected chi connectivity index (χ2v) is 4.87. The van der Waals surface area contributed by atoms with Crippen molar-refractivity contribution >= 4 is 40.1 Å². The molecule has 2 nitrogen and oxygen atoms in total. The van der Waals surface area contributed by atoms with Gasteiger partial charge in [0.15, 0.2) is 0 Å². The number of benzene rings is 1. The lowest BCUT2D eigenvalue weighted by atomic mass is 9.61. The van der Waals surface area contributed by atoms with Crippen LogP contribution in [0.2, 0.25) is 11.3 Å². The number of nitriles is 1. The smallest absolute Gasteiger partial charge is 0.378 e. The summed E-state index contributed by atoms with van der Waals surface area (Å²) in [7, 11) is 0. The Morgan fingerprint density at radius 1 is 1.53 bits per heavy atom. The molecule has 0 bridgehead atoms. The van der Waals surface area contributed by atoms with Gasteiger partial charge in [0.25, 0.3) is 0 Å². The van der Waals surface area contributed by atoms with Crippen molar-refractivity contribution < 1.29 is 0 Å². The SMILES string of the molecule is N#CB1CCCN1c1ccc(Cl)cc1Br. The molecule has 5 heteroatoms. The fourth-order valence-electron chi connectivity index (χ4n) is 1.90. The predicted octanol–water partition coefficient (Wildman–Crippen LogP) is 3.37. The Morgan fingerprint density at radius 2 is 2.33 bits per heavy atom. The van der Waals surface area contributed by atoms with Crippen LogP contribution < -0.4 is 4.81 Å². The van der Waals surface area contributed by atoms with Gasteiger partial charge in [-0.3, -0.25) is 0 Å². The predicted molar refractivity (Wildman–Crippen MR) is 67.3 cm³/mol. The van der Waals surface area contributed by atoms with Gasteiger partial charge in [-0.25, -0.2) is 5.26 Å². The van der Waals surface area contributed by atoms with E-state index in [1.807, 2.05) is 18.2 Å². The Kier molecular flexibility index (Phi) is 3.23. The van der Waals surface area contributed by atoms with Gasteiger partial charge in [-0.15, -0.1) is 0 Å². The molecule has 1 saturated heterocycles. The first-order valence-corrected chi connectivity index (χ1v) is 6.01. The quantitative estimate of drug-likeness (QED) is 0.739. The maximum absolute atomic E-state index is 9.01. The Balaban J connectivity index is 2.33. The molecule has 0 aliphatic carbocycles. The van der Waals surface area contributed by atoms with Crippen LogP contribution in [0.25, 0.3) is 0 Å². The van der Waals surface area contributed by atoms with Crippen molar-refractivity contribution in [3.8, 4) is 5.97 Å². The fraction of sp³-hybridized carbons (Fsp3) is 0.300. The molecule has 0 amide bonds. The summed E-state index contributed by atoms with van der Waals surface area (Å²) in [6.07, 6.45) is 2.03. The van der Waals surface area contributed by atoms with Crippen molar-refractivity contribution in [3.05, 3.63) is 27.7 Å². The van der Waals surface area contributed by atoms with E-state index in [0.29, 0.717) is 5.02 Å². The van der Waals surface area contributed by atoms with Gasteiger partial charge in [0.2, 0.25) is 0 Å². The maximum atomic E-state index is 9.01. The first-order chi connectivity index (χ1) is 7.22. The number of anilines is 1. The topological polar surface area (TPSA) is 27.0 Å². The van der Waals surface area contributed by atoms with Gasteiger partial charge in [-0.1, -0.05) is 11.6 Å². The maximum Gasteiger partial charge on any atom is 0.378 e. The van der Waals surface area contributed by atoms with E-state index >= 15 is 0 Å². The van der Waals surface area contributed by atoms with Crippen LogP contribution in [0.4, 0.5) is 5.69 Å². The van der Waals surface area contributed by atoms with Crippen molar-refractivity contribution in [1.82, 2.24) is 0 Å². The number of nitrogens with zero attached hydrogens (tertiary/aromatic N) is 2. The monoisotopic (exact) mass is 282 g/mol. The van der Waals surface area contributed by atoms with Gasteiger partial charge in [0, 0.05) is 27.7 Å². The molecular formula is C10H9BBrClN2. The van der Waals surface area contributed by atoms with Crippen LogP contribution in [0.3, 0.4) is 0 Å². The Labute approximate surface area is 103 Å². The summed E-state index contributed by atoms with van der Waals surface area (Å²) in [5.41, 5.74) is 1.06. The molecule has 1 aliphatic rings. The molecule has 1 aromatic rings. The average molecular weight is 283 g/mol. The zero-order chi connectivity index (χ0) is 10.8. The first kappa shape index (κ1) is 10.8. The molecule has 0 aromatic heterocycles. The van der Waals surface area contributed by atoms with E-state index < -0.39 is 0 Å². The van der Waals surface area contributed by atoms with Crippen LogP contribution in [-0.2, 0) is 0 Å². The summed E-state index contributed by atoms with van der Waals surface area (Å²) >= 11 is 9.36. The minimum absolute atomic E-state index is 0.00229. The lowest BCUT2D eigenvalue weighted by Gasteiger charge is -2.21. The van der Waals surface area contributed by atoms with Gasteiger partial charge in [-0.2, -0.15) is 0 Å². The second-order valence-electron chi connectivity index (χ2n) is 3.58. The van der Waals surface area contributed by atoms with E-state index in [2.05, 4.69) is 26.7 Å². The minimum Gasteiger partial charge on any atom is -0.401 e. The number of rotatable bonds is 1. The molecule has 1 fully saturated rings. The van der Waals surface area contributed by atoms with Gasteiger partial charge >= 0.3 is 6.85 Å². The van der Waals surface area contributed by atoms with Gasteiger partial charge in [0.1, 0.15) is 0 Å². The van der Waals surface area contributed by atoms with Crippen molar-refractivity contribution in [2.45, 2.75) is 12.7 Å². The fourth-order valence-corrected chi connectivity index (χ4v) is 2.81. The highest BCUT2D eigenvalue weighted by atomic mass is 79.9. The van der Waals surface area contributed by atoms with Crippen LogP contribution >= 0.6 is 27.5 Å². The van der Waals surface area contributed by atoms with E-state index in [0.717, 1.165) is 29.4 Å². The highest BCUT2D eigenvalue weighted by Gasteiger charge is 2.30. The molecule has 0 atom stereocenters. The molecule has 0 saturated carbocycles. The van der Waals surface area contributed by atoms with Crippen LogP contribution in [0.1, 0.15) is 6.42 Å². The summed E-state index contributed by atoms with van der Waals surface area (Å²) in [5, 5.41) is 9.72. The molecule has 2 rings (SSSR count). The third-order valence-electron chi connectivity index (χ3n) is 2.62. The normalized spacial score (nSPS) is 15.5. The van der Waals surface area contributed by atoms with Crippen LogP contribution in [0.15, 0.2) is 22.7 Å². The first-order valence-electron chi connectivity index (χ1n) is 4.83. The molecule has 0 N–H and O–H groups in total. The Hall–Kier alpha value is -0.655. The van der Waals surface area contributed by atoms with E-state index in [1.54, 1.807) is 0 Å². The number of hydrogen-bond donors (Lipinski definition) is 0. The summed E-state index contributed by atoms with van der Waals surface area (Å²) < 4.78 is 0.956. The van der Waals surface area contributed by atoms with Gasteiger partial charge in [0.05, 0.1) is 0 Å².